The van der Waals surface area contributed by atoms with Gasteiger partial charge in [-0.1, -0.05) is 18.2 Å². The zero-order valence-corrected chi connectivity index (χ0v) is 11.3. The Labute approximate surface area is 113 Å². The summed E-state index contributed by atoms with van der Waals surface area (Å²) in [5, 5.41) is 3.46. The topological polar surface area (TPSA) is 41.6 Å². The van der Waals surface area contributed by atoms with Crippen LogP contribution in [0.1, 0.15) is 18.4 Å². The van der Waals surface area contributed by atoms with Gasteiger partial charge < -0.3 is 15.0 Å². The summed E-state index contributed by atoms with van der Waals surface area (Å²) in [6, 6.07) is 8.26. The first-order chi connectivity index (χ1) is 9.29. The fourth-order valence-corrected chi connectivity index (χ4v) is 3.18. The molecule has 1 aromatic rings. The second-order valence-corrected chi connectivity index (χ2v) is 5.34. The Kier molecular flexibility index (Phi) is 3.42. The molecule has 1 N–H and O–H groups in total. The van der Waals surface area contributed by atoms with Gasteiger partial charge in [-0.05, 0) is 25.5 Å². The van der Waals surface area contributed by atoms with Crippen molar-refractivity contribution in [3.8, 4) is 5.75 Å². The van der Waals surface area contributed by atoms with Crippen LogP contribution in [-0.2, 0) is 11.3 Å². The summed E-state index contributed by atoms with van der Waals surface area (Å²) in [6.45, 7) is 2.51. The zero-order chi connectivity index (χ0) is 13.2. The van der Waals surface area contributed by atoms with Gasteiger partial charge in [0.1, 0.15) is 5.75 Å². The molecule has 19 heavy (non-hydrogen) atoms. The summed E-state index contributed by atoms with van der Waals surface area (Å²) in [7, 11) is 1.67. The van der Waals surface area contributed by atoms with Gasteiger partial charge in [0.25, 0.3) is 0 Å². The standard InChI is InChI=1S/C15H20N2O2/c1-19-14-7-3-2-5-11(14)9-17-10-13-12(15(17)18)6-4-8-16-13/h2-3,5,7,12-13,16H,4,6,8-10H2,1H3. The monoisotopic (exact) mass is 260 g/mol. The minimum absolute atomic E-state index is 0.184. The number of piperidine rings is 1. The van der Waals surface area contributed by atoms with Crippen LogP contribution in [0.4, 0.5) is 0 Å². The van der Waals surface area contributed by atoms with Gasteiger partial charge >= 0.3 is 0 Å². The Morgan fingerprint density at radius 3 is 3.05 bits per heavy atom. The lowest BCUT2D eigenvalue weighted by atomic mass is 9.94. The third-order valence-electron chi connectivity index (χ3n) is 4.18. The molecule has 1 amide bonds. The van der Waals surface area contributed by atoms with Gasteiger partial charge in [-0.3, -0.25) is 4.79 Å². The molecule has 4 nitrogen and oxygen atoms in total. The summed E-state index contributed by atoms with van der Waals surface area (Å²) in [5.74, 6) is 1.34. The lowest BCUT2D eigenvalue weighted by molar-refractivity contribution is -0.131. The van der Waals surface area contributed by atoms with Gasteiger partial charge in [0, 0.05) is 24.7 Å². The molecule has 2 saturated heterocycles. The zero-order valence-electron chi connectivity index (χ0n) is 11.3. The Balaban J connectivity index is 1.75. The Bertz CT molecular complexity index is 475. The largest absolute Gasteiger partial charge is 0.496 e. The van der Waals surface area contributed by atoms with Crippen LogP contribution in [0, 0.1) is 5.92 Å². The quantitative estimate of drug-likeness (QED) is 0.893. The molecule has 0 aliphatic carbocycles. The van der Waals surface area contributed by atoms with Gasteiger partial charge in [-0.2, -0.15) is 0 Å². The second kappa shape index (κ2) is 5.21. The number of ether oxygens (including phenoxy) is 1. The number of likely N-dealkylation sites (tertiary alicyclic amines) is 1. The van der Waals surface area contributed by atoms with Gasteiger partial charge in [0.15, 0.2) is 0 Å². The average molecular weight is 260 g/mol. The number of para-hydroxylation sites is 1. The van der Waals surface area contributed by atoms with Crippen LogP contribution in [-0.4, -0.2) is 37.0 Å². The molecule has 2 heterocycles. The number of nitrogens with one attached hydrogen (secondary N) is 1. The molecule has 2 aliphatic heterocycles. The lowest BCUT2D eigenvalue weighted by Gasteiger charge is -2.23. The van der Waals surface area contributed by atoms with Gasteiger partial charge in [-0.25, -0.2) is 0 Å². The third kappa shape index (κ3) is 2.32. The van der Waals surface area contributed by atoms with Crippen LogP contribution in [0.25, 0.3) is 0 Å². The number of hydrogen-bond donors (Lipinski definition) is 1. The van der Waals surface area contributed by atoms with Crippen LogP contribution >= 0.6 is 0 Å². The number of carbonyl (C=O) groups excluding carboxylic acids is 1. The molecule has 102 valence electrons. The maximum atomic E-state index is 12.4. The number of fused-ring (bicyclic) bond motifs is 1. The summed E-state index contributed by atoms with van der Waals surface area (Å²) >= 11 is 0. The predicted octanol–water partition coefficient (Wildman–Crippen LogP) is 1.41. The highest BCUT2D eigenvalue weighted by Crippen LogP contribution is 2.29. The highest BCUT2D eigenvalue weighted by atomic mass is 16.5. The summed E-state index contributed by atoms with van der Waals surface area (Å²) < 4.78 is 5.36. The van der Waals surface area contributed by atoms with E-state index in [1.54, 1.807) is 7.11 Å². The van der Waals surface area contributed by atoms with Crippen molar-refractivity contribution in [1.29, 1.82) is 0 Å². The van der Waals surface area contributed by atoms with Crippen LogP contribution in [0.2, 0.25) is 0 Å². The first kappa shape index (κ1) is 12.5. The summed E-state index contributed by atoms with van der Waals surface area (Å²) in [6.07, 6.45) is 2.13. The van der Waals surface area contributed by atoms with E-state index in [1.807, 2.05) is 29.2 Å². The maximum absolute atomic E-state index is 12.4. The first-order valence-corrected chi connectivity index (χ1v) is 6.93. The minimum atomic E-state index is 0.184. The third-order valence-corrected chi connectivity index (χ3v) is 4.18. The van der Waals surface area contributed by atoms with Crippen molar-refractivity contribution in [2.45, 2.75) is 25.4 Å². The molecule has 0 bridgehead atoms. The van der Waals surface area contributed by atoms with E-state index in [9.17, 15) is 4.79 Å². The lowest BCUT2D eigenvalue weighted by Crippen LogP contribution is -2.41. The van der Waals surface area contributed by atoms with Crippen molar-refractivity contribution in [2.24, 2.45) is 5.92 Å². The Morgan fingerprint density at radius 1 is 1.42 bits per heavy atom. The molecule has 0 radical (unpaired) electrons. The van der Waals surface area contributed by atoms with Crippen molar-refractivity contribution >= 4 is 5.91 Å². The van der Waals surface area contributed by atoms with Crippen molar-refractivity contribution in [2.75, 3.05) is 20.2 Å². The molecule has 4 heteroatoms. The molecule has 3 rings (SSSR count). The molecule has 0 saturated carbocycles. The van der Waals surface area contributed by atoms with E-state index in [4.69, 9.17) is 4.74 Å². The van der Waals surface area contributed by atoms with Crippen LogP contribution < -0.4 is 10.1 Å². The van der Waals surface area contributed by atoms with E-state index in [-0.39, 0.29) is 5.92 Å². The Morgan fingerprint density at radius 2 is 2.26 bits per heavy atom. The van der Waals surface area contributed by atoms with E-state index >= 15 is 0 Å². The SMILES string of the molecule is COc1ccccc1CN1CC2NCCCC2C1=O. The van der Waals surface area contributed by atoms with Gasteiger partial charge in [0.2, 0.25) is 5.91 Å². The predicted molar refractivity (Wildman–Crippen MR) is 72.9 cm³/mol. The number of benzene rings is 1. The van der Waals surface area contributed by atoms with Crippen molar-refractivity contribution in [1.82, 2.24) is 10.2 Å². The fourth-order valence-electron chi connectivity index (χ4n) is 3.18. The number of hydrogen-bond acceptors (Lipinski definition) is 3. The maximum Gasteiger partial charge on any atom is 0.227 e. The highest BCUT2D eigenvalue weighted by molar-refractivity contribution is 5.82. The van der Waals surface area contributed by atoms with Crippen LogP contribution in [0.15, 0.2) is 24.3 Å². The van der Waals surface area contributed by atoms with Gasteiger partial charge in [-0.15, -0.1) is 0 Å². The van der Waals surface area contributed by atoms with E-state index < -0.39 is 0 Å². The van der Waals surface area contributed by atoms with Crippen molar-refractivity contribution in [3.63, 3.8) is 0 Å². The smallest absolute Gasteiger partial charge is 0.227 e. The van der Waals surface area contributed by atoms with Crippen molar-refractivity contribution in [3.05, 3.63) is 29.8 Å². The van der Waals surface area contributed by atoms with E-state index in [0.717, 1.165) is 37.2 Å². The van der Waals surface area contributed by atoms with E-state index in [0.29, 0.717) is 18.5 Å². The summed E-state index contributed by atoms with van der Waals surface area (Å²) in [5.41, 5.74) is 1.08. The molecule has 2 fully saturated rings. The fraction of sp³-hybridized carbons (Fsp3) is 0.533. The number of amides is 1. The highest BCUT2D eigenvalue weighted by Gasteiger charge is 2.41. The molecule has 2 atom stereocenters. The number of rotatable bonds is 3. The molecule has 2 aliphatic rings. The van der Waals surface area contributed by atoms with Crippen molar-refractivity contribution < 1.29 is 9.53 Å². The second-order valence-electron chi connectivity index (χ2n) is 5.34. The number of carbonyl (C=O) groups is 1. The van der Waals surface area contributed by atoms with Crippen LogP contribution in [0.3, 0.4) is 0 Å². The number of nitrogens with zero attached hydrogens (tertiary/aromatic N) is 1. The molecule has 0 spiro atoms. The minimum Gasteiger partial charge on any atom is -0.496 e. The summed E-state index contributed by atoms with van der Waals surface area (Å²) in [4.78, 5) is 14.4. The molecule has 0 aromatic heterocycles. The average Bonchev–Trinajstić information content (AvgIpc) is 2.77. The van der Waals surface area contributed by atoms with E-state index in [2.05, 4.69) is 5.32 Å². The van der Waals surface area contributed by atoms with E-state index in [1.165, 1.54) is 0 Å². The molecular formula is C15H20N2O2. The molecule has 2 unspecified atom stereocenters. The normalized spacial score (nSPS) is 26.4. The van der Waals surface area contributed by atoms with Crippen LogP contribution in [0.5, 0.6) is 5.75 Å². The molecule has 1 aromatic carbocycles. The van der Waals surface area contributed by atoms with Gasteiger partial charge in [0.05, 0.1) is 13.0 Å². The Hall–Kier alpha value is -1.55. The molecular weight excluding hydrogens is 240 g/mol. The first-order valence-electron chi connectivity index (χ1n) is 6.93. The number of methoxy groups -OCH3 is 1.